The molecule has 3 aromatic carbocycles. The van der Waals surface area contributed by atoms with Crippen molar-refractivity contribution in [2.75, 3.05) is 22.8 Å². The van der Waals surface area contributed by atoms with Crippen LogP contribution in [0.25, 0.3) is 0 Å². The van der Waals surface area contributed by atoms with Crippen molar-refractivity contribution in [2.45, 2.75) is 18.7 Å². The first-order valence-corrected chi connectivity index (χ1v) is 11.5. The molecule has 0 saturated heterocycles. The third-order valence-electron chi connectivity index (χ3n) is 4.52. The first kappa shape index (κ1) is 22.7. The summed E-state index contributed by atoms with van der Waals surface area (Å²) in [4.78, 5) is 13.0. The van der Waals surface area contributed by atoms with Gasteiger partial charge in [0, 0.05) is 5.02 Å². The van der Waals surface area contributed by atoms with Gasteiger partial charge in [-0.15, -0.1) is 0 Å². The van der Waals surface area contributed by atoms with Crippen molar-refractivity contribution in [1.82, 2.24) is 0 Å². The number of carbonyl (C=O) groups excluding carboxylic acids is 1. The fraction of sp³-hybridized carbons (Fsp3) is 0.174. The monoisotopic (exact) mass is 458 g/mol. The van der Waals surface area contributed by atoms with Crippen molar-refractivity contribution in [1.29, 1.82) is 0 Å². The average molecular weight is 459 g/mol. The van der Waals surface area contributed by atoms with Crippen LogP contribution in [0.4, 0.5) is 11.4 Å². The Kier molecular flexibility index (Phi) is 7.20. The molecule has 3 rings (SSSR count). The molecule has 0 unspecified atom stereocenters. The summed E-state index contributed by atoms with van der Waals surface area (Å²) in [7, 11) is -4.01. The molecule has 0 aromatic heterocycles. The Balaban J connectivity index is 1.95. The molecule has 0 fully saturated rings. The second-order valence-electron chi connectivity index (χ2n) is 6.74. The van der Waals surface area contributed by atoms with Crippen molar-refractivity contribution >= 4 is 38.9 Å². The van der Waals surface area contributed by atoms with Gasteiger partial charge in [0.05, 0.1) is 22.9 Å². The maximum atomic E-state index is 13.4. The number of anilines is 2. The van der Waals surface area contributed by atoms with E-state index in [0.717, 1.165) is 9.87 Å². The van der Waals surface area contributed by atoms with Gasteiger partial charge in [0.2, 0.25) is 5.91 Å². The van der Waals surface area contributed by atoms with Crippen LogP contribution in [-0.4, -0.2) is 27.5 Å². The molecule has 0 bridgehead atoms. The van der Waals surface area contributed by atoms with Crippen LogP contribution < -0.4 is 14.4 Å². The standard InChI is InChI=1S/C23H23ClN2O4S/c1-3-30-22-12-8-7-11-21(22)25-23(27)16-26(18-14-13-17(2)20(24)15-18)31(28,29)19-9-5-4-6-10-19/h4-15H,3,16H2,1-2H3,(H,25,27). The highest BCUT2D eigenvalue weighted by molar-refractivity contribution is 7.92. The van der Waals surface area contributed by atoms with Gasteiger partial charge in [-0.05, 0) is 55.8 Å². The smallest absolute Gasteiger partial charge is 0.264 e. The van der Waals surface area contributed by atoms with Crippen LogP contribution in [0.5, 0.6) is 5.75 Å². The van der Waals surface area contributed by atoms with Gasteiger partial charge in [-0.2, -0.15) is 0 Å². The quantitative estimate of drug-likeness (QED) is 0.522. The number of benzene rings is 3. The van der Waals surface area contributed by atoms with E-state index in [1.165, 1.54) is 12.1 Å². The zero-order valence-corrected chi connectivity index (χ0v) is 18.8. The van der Waals surface area contributed by atoms with Gasteiger partial charge in [0.25, 0.3) is 10.0 Å². The third kappa shape index (κ3) is 5.37. The predicted molar refractivity (Wildman–Crippen MR) is 123 cm³/mol. The van der Waals surface area contributed by atoms with Crippen LogP contribution in [0.1, 0.15) is 12.5 Å². The number of rotatable bonds is 8. The highest BCUT2D eigenvalue weighted by Crippen LogP contribution is 2.29. The summed E-state index contributed by atoms with van der Waals surface area (Å²) >= 11 is 6.24. The van der Waals surface area contributed by atoms with Crippen LogP contribution in [-0.2, 0) is 14.8 Å². The Bertz CT molecular complexity index is 1170. The molecule has 0 atom stereocenters. The second-order valence-corrected chi connectivity index (χ2v) is 9.01. The highest BCUT2D eigenvalue weighted by Gasteiger charge is 2.27. The number of hydrogen-bond acceptors (Lipinski definition) is 4. The minimum Gasteiger partial charge on any atom is -0.492 e. The van der Waals surface area contributed by atoms with E-state index < -0.39 is 22.5 Å². The average Bonchev–Trinajstić information content (AvgIpc) is 2.76. The van der Waals surface area contributed by atoms with Crippen molar-refractivity contribution < 1.29 is 17.9 Å². The van der Waals surface area contributed by atoms with Crippen molar-refractivity contribution in [3.8, 4) is 5.75 Å². The van der Waals surface area contributed by atoms with Gasteiger partial charge < -0.3 is 10.1 Å². The minimum atomic E-state index is -4.01. The molecule has 0 spiro atoms. The molecular formula is C23H23ClN2O4S. The van der Waals surface area contributed by atoms with Gasteiger partial charge in [-0.25, -0.2) is 8.42 Å². The van der Waals surface area contributed by atoms with E-state index in [-0.39, 0.29) is 4.90 Å². The summed E-state index contributed by atoms with van der Waals surface area (Å²) in [5.41, 5.74) is 1.57. The lowest BCUT2D eigenvalue weighted by Crippen LogP contribution is -2.38. The predicted octanol–water partition coefficient (Wildman–Crippen LogP) is 4.88. The summed E-state index contributed by atoms with van der Waals surface area (Å²) in [5, 5.41) is 3.15. The highest BCUT2D eigenvalue weighted by atomic mass is 35.5. The molecule has 0 aliphatic heterocycles. The molecule has 1 N–H and O–H groups in total. The van der Waals surface area contributed by atoms with Crippen molar-refractivity contribution in [2.24, 2.45) is 0 Å². The van der Waals surface area contributed by atoms with Gasteiger partial charge >= 0.3 is 0 Å². The van der Waals surface area contributed by atoms with Crippen LogP contribution in [0, 0.1) is 6.92 Å². The van der Waals surface area contributed by atoms with Gasteiger partial charge in [0.15, 0.2) is 0 Å². The fourth-order valence-electron chi connectivity index (χ4n) is 2.94. The lowest BCUT2D eigenvalue weighted by atomic mass is 10.2. The molecule has 8 heteroatoms. The topological polar surface area (TPSA) is 75.7 Å². The Morgan fingerprint density at radius 2 is 1.71 bits per heavy atom. The van der Waals surface area contributed by atoms with Gasteiger partial charge in [-0.3, -0.25) is 9.10 Å². The van der Waals surface area contributed by atoms with E-state index in [0.29, 0.717) is 28.8 Å². The van der Waals surface area contributed by atoms with Crippen LogP contribution >= 0.6 is 11.6 Å². The number of hydrogen-bond donors (Lipinski definition) is 1. The zero-order valence-electron chi connectivity index (χ0n) is 17.2. The summed E-state index contributed by atoms with van der Waals surface area (Å²) in [6.07, 6.45) is 0. The van der Waals surface area contributed by atoms with E-state index >= 15 is 0 Å². The molecular weight excluding hydrogens is 436 g/mol. The second kappa shape index (κ2) is 9.85. The minimum absolute atomic E-state index is 0.0780. The molecule has 162 valence electrons. The first-order chi connectivity index (χ1) is 14.8. The van der Waals surface area contributed by atoms with Gasteiger partial charge in [-0.1, -0.05) is 48.0 Å². The zero-order chi connectivity index (χ0) is 22.4. The Labute approximate surface area is 187 Å². The van der Waals surface area contributed by atoms with Gasteiger partial charge in [0.1, 0.15) is 12.3 Å². The summed E-state index contributed by atoms with van der Waals surface area (Å²) in [6, 6.07) is 19.8. The SMILES string of the molecule is CCOc1ccccc1NC(=O)CN(c1ccc(C)c(Cl)c1)S(=O)(=O)c1ccccc1. The molecule has 31 heavy (non-hydrogen) atoms. The summed E-state index contributed by atoms with van der Waals surface area (Å²) < 4.78 is 33.3. The van der Waals surface area contributed by atoms with Crippen molar-refractivity contribution in [3.63, 3.8) is 0 Å². The summed E-state index contributed by atoms with van der Waals surface area (Å²) in [5.74, 6) is -0.00227. The number of halogens is 1. The molecule has 0 radical (unpaired) electrons. The van der Waals surface area contributed by atoms with Crippen LogP contribution in [0.3, 0.4) is 0 Å². The lowest BCUT2D eigenvalue weighted by molar-refractivity contribution is -0.114. The number of aryl methyl sites for hydroxylation is 1. The van der Waals surface area contributed by atoms with Crippen molar-refractivity contribution in [3.05, 3.63) is 83.4 Å². The molecule has 6 nitrogen and oxygen atoms in total. The Morgan fingerprint density at radius 3 is 2.39 bits per heavy atom. The molecule has 0 saturated carbocycles. The molecule has 3 aromatic rings. The number of para-hydroxylation sites is 2. The lowest BCUT2D eigenvalue weighted by Gasteiger charge is -2.24. The fourth-order valence-corrected chi connectivity index (χ4v) is 4.55. The maximum absolute atomic E-state index is 13.4. The Hall–Kier alpha value is -3.03. The van der Waals surface area contributed by atoms with E-state index in [1.807, 2.05) is 13.8 Å². The third-order valence-corrected chi connectivity index (χ3v) is 6.72. The van der Waals surface area contributed by atoms with Crippen LogP contribution in [0.2, 0.25) is 5.02 Å². The largest absolute Gasteiger partial charge is 0.492 e. The first-order valence-electron chi connectivity index (χ1n) is 9.68. The molecule has 1 amide bonds. The van der Waals surface area contributed by atoms with E-state index in [2.05, 4.69) is 5.32 Å². The molecule has 0 aliphatic carbocycles. The number of nitrogens with one attached hydrogen (secondary N) is 1. The molecule has 0 aliphatic rings. The van der Waals surface area contributed by atoms with E-state index in [4.69, 9.17) is 16.3 Å². The van der Waals surface area contributed by atoms with E-state index in [9.17, 15) is 13.2 Å². The van der Waals surface area contributed by atoms with E-state index in [1.54, 1.807) is 60.7 Å². The number of carbonyl (C=O) groups is 1. The normalized spacial score (nSPS) is 11.1. The maximum Gasteiger partial charge on any atom is 0.264 e. The summed E-state index contributed by atoms with van der Waals surface area (Å²) in [6.45, 7) is 3.66. The number of amides is 1. The number of nitrogens with zero attached hydrogens (tertiary/aromatic N) is 1. The van der Waals surface area contributed by atoms with Crippen LogP contribution in [0.15, 0.2) is 77.7 Å². The number of ether oxygens (including phenoxy) is 1. The Morgan fingerprint density at radius 1 is 1.03 bits per heavy atom. The molecule has 0 heterocycles. The number of sulfonamides is 1.